The molecule has 6 nitrogen and oxygen atoms in total. The summed E-state index contributed by atoms with van der Waals surface area (Å²) in [6.07, 6.45) is 6.53. The molecule has 0 atom stereocenters. The van der Waals surface area contributed by atoms with Gasteiger partial charge in [0.15, 0.2) is 5.96 Å². The van der Waals surface area contributed by atoms with Crippen LogP contribution in [-0.2, 0) is 4.79 Å². The maximum absolute atomic E-state index is 10.9. The van der Waals surface area contributed by atoms with Crippen LogP contribution in [0.3, 0.4) is 0 Å². The van der Waals surface area contributed by atoms with Crippen molar-refractivity contribution in [3.63, 3.8) is 0 Å². The highest BCUT2D eigenvalue weighted by Gasteiger charge is 2.20. The van der Waals surface area contributed by atoms with E-state index in [2.05, 4.69) is 33.7 Å². The van der Waals surface area contributed by atoms with E-state index < -0.39 is 0 Å². The van der Waals surface area contributed by atoms with Gasteiger partial charge >= 0.3 is 0 Å². The number of primary amides is 1. The first-order chi connectivity index (χ1) is 10.7. The van der Waals surface area contributed by atoms with Crippen LogP contribution in [0.5, 0.6) is 0 Å². The Morgan fingerprint density at radius 1 is 1.36 bits per heavy atom. The average molecular weight is 330 g/mol. The number of likely N-dealkylation sites (tertiary alicyclic amines) is 1. The molecule has 4 N–H and O–H groups in total. The standard InChI is InChI=1S/C15H31N5OS/c1-3-17-15(18-8-4-5-11-22-2)19-13-6-9-20(10-7-13)12-14(16)21/h13H,3-12H2,1-2H3,(H2,16,21)(H2,17,18,19). The summed E-state index contributed by atoms with van der Waals surface area (Å²) in [4.78, 5) is 17.7. The van der Waals surface area contributed by atoms with E-state index in [0.29, 0.717) is 12.6 Å². The highest BCUT2D eigenvalue weighted by molar-refractivity contribution is 7.98. The van der Waals surface area contributed by atoms with Crippen molar-refractivity contribution in [2.24, 2.45) is 10.7 Å². The SMILES string of the molecule is CCNC(=NCCCCSC)NC1CCN(CC(N)=O)CC1. The molecule has 1 rings (SSSR count). The molecule has 1 fully saturated rings. The third kappa shape index (κ3) is 8.48. The van der Waals surface area contributed by atoms with E-state index in [1.165, 1.54) is 12.2 Å². The number of nitrogens with zero attached hydrogens (tertiary/aromatic N) is 2. The minimum atomic E-state index is -0.244. The van der Waals surface area contributed by atoms with Gasteiger partial charge in [0.1, 0.15) is 0 Å². The van der Waals surface area contributed by atoms with Gasteiger partial charge in [-0.2, -0.15) is 11.8 Å². The van der Waals surface area contributed by atoms with Gasteiger partial charge in [0.25, 0.3) is 0 Å². The number of piperidine rings is 1. The summed E-state index contributed by atoms with van der Waals surface area (Å²) >= 11 is 1.89. The van der Waals surface area contributed by atoms with Crippen molar-refractivity contribution < 1.29 is 4.79 Å². The first-order valence-corrected chi connectivity index (χ1v) is 9.59. The fourth-order valence-corrected chi connectivity index (χ4v) is 3.01. The number of thioether (sulfide) groups is 1. The number of nitrogens with one attached hydrogen (secondary N) is 2. The summed E-state index contributed by atoms with van der Waals surface area (Å²) in [5.74, 6) is 1.88. The Bertz CT molecular complexity index is 343. The smallest absolute Gasteiger partial charge is 0.231 e. The quantitative estimate of drug-likeness (QED) is 0.328. The molecule has 128 valence electrons. The summed E-state index contributed by atoms with van der Waals surface area (Å²) in [5.41, 5.74) is 5.24. The van der Waals surface area contributed by atoms with Gasteiger partial charge in [0.05, 0.1) is 6.54 Å². The number of hydrogen-bond donors (Lipinski definition) is 3. The van der Waals surface area contributed by atoms with E-state index in [9.17, 15) is 4.79 Å². The molecule has 1 amide bonds. The number of hydrogen-bond acceptors (Lipinski definition) is 4. The molecule has 0 spiro atoms. The fourth-order valence-electron chi connectivity index (χ4n) is 2.52. The van der Waals surface area contributed by atoms with Crippen LogP contribution in [-0.4, -0.2) is 67.5 Å². The number of nitrogens with two attached hydrogens (primary N) is 1. The molecule has 1 aliphatic rings. The molecule has 0 aromatic heterocycles. The minimum Gasteiger partial charge on any atom is -0.369 e. The maximum atomic E-state index is 10.9. The Labute approximate surface area is 138 Å². The highest BCUT2D eigenvalue weighted by Crippen LogP contribution is 2.09. The number of guanidine groups is 1. The topological polar surface area (TPSA) is 82.8 Å². The molecule has 1 aliphatic heterocycles. The molecule has 1 heterocycles. The van der Waals surface area contributed by atoms with Gasteiger partial charge in [-0.25, -0.2) is 0 Å². The van der Waals surface area contributed by atoms with Crippen molar-refractivity contribution in [3.05, 3.63) is 0 Å². The summed E-state index contributed by atoms with van der Waals surface area (Å²) < 4.78 is 0. The van der Waals surface area contributed by atoms with Crippen LogP contribution >= 0.6 is 11.8 Å². The Hall–Kier alpha value is -0.950. The molecule has 0 unspecified atom stereocenters. The number of carbonyl (C=O) groups is 1. The van der Waals surface area contributed by atoms with Gasteiger partial charge in [-0.3, -0.25) is 14.7 Å². The molecule has 22 heavy (non-hydrogen) atoms. The lowest BCUT2D eigenvalue weighted by Gasteiger charge is -2.32. The third-order valence-corrected chi connectivity index (χ3v) is 4.38. The Morgan fingerprint density at radius 2 is 2.09 bits per heavy atom. The zero-order valence-electron chi connectivity index (χ0n) is 13.9. The maximum Gasteiger partial charge on any atom is 0.231 e. The average Bonchev–Trinajstić information content (AvgIpc) is 2.48. The number of aliphatic imine (C=N–C) groups is 1. The van der Waals surface area contributed by atoms with Gasteiger partial charge in [-0.15, -0.1) is 0 Å². The molecule has 0 aromatic carbocycles. The van der Waals surface area contributed by atoms with Crippen molar-refractivity contribution in [2.45, 2.75) is 38.6 Å². The third-order valence-electron chi connectivity index (χ3n) is 3.68. The highest BCUT2D eigenvalue weighted by atomic mass is 32.2. The zero-order chi connectivity index (χ0) is 16.2. The van der Waals surface area contributed by atoms with Gasteiger partial charge in [-0.05, 0) is 44.6 Å². The van der Waals surface area contributed by atoms with Gasteiger partial charge in [-0.1, -0.05) is 0 Å². The second-order valence-corrected chi connectivity index (χ2v) is 6.61. The lowest BCUT2D eigenvalue weighted by atomic mass is 10.1. The van der Waals surface area contributed by atoms with Crippen LogP contribution in [0.1, 0.15) is 32.6 Å². The van der Waals surface area contributed by atoms with Crippen molar-refractivity contribution in [1.29, 1.82) is 0 Å². The lowest BCUT2D eigenvalue weighted by Crippen LogP contribution is -2.49. The number of unbranched alkanes of at least 4 members (excludes halogenated alkanes) is 1. The monoisotopic (exact) mass is 329 g/mol. The largest absolute Gasteiger partial charge is 0.369 e. The molecule has 0 aromatic rings. The van der Waals surface area contributed by atoms with E-state index in [-0.39, 0.29) is 5.91 Å². The number of amides is 1. The van der Waals surface area contributed by atoms with Crippen LogP contribution in [0.15, 0.2) is 4.99 Å². The van der Waals surface area contributed by atoms with Crippen LogP contribution in [0.25, 0.3) is 0 Å². The molecule has 0 saturated carbocycles. The molecule has 0 radical (unpaired) electrons. The number of carbonyl (C=O) groups excluding carboxylic acids is 1. The van der Waals surface area contributed by atoms with Crippen molar-refractivity contribution >= 4 is 23.6 Å². The Morgan fingerprint density at radius 3 is 2.68 bits per heavy atom. The first kappa shape index (κ1) is 19.1. The van der Waals surface area contributed by atoms with E-state index >= 15 is 0 Å². The molecule has 1 saturated heterocycles. The second-order valence-electron chi connectivity index (χ2n) is 5.62. The van der Waals surface area contributed by atoms with Gasteiger partial charge in [0.2, 0.25) is 5.91 Å². The minimum absolute atomic E-state index is 0.244. The summed E-state index contributed by atoms with van der Waals surface area (Å²) in [6, 6.07) is 0.424. The number of rotatable bonds is 9. The van der Waals surface area contributed by atoms with Gasteiger partial charge < -0.3 is 16.4 Å². The van der Waals surface area contributed by atoms with Crippen molar-refractivity contribution in [1.82, 2.24) is 15.5 Å². The van der Waals surface area contributed by atoms with E-state index in [1.807, 2.05) is 11.8 Å². The molecule has 0 aliphatic carbocycles. The first-order valence-electron chi connectivity index (χ1n) is 8.20. The van der Waals surface area contributed by atoms with Crippen LogP contribution in [0.2, 0.25) is 0 Å². The summed E-state index contributed by atoms with van der Waals surface area (Å²) in [7, 11) is 0. The fraction of sp³-hybridized carbons (Fsp3) is 0.867. The summed E-state index contributed by atoms with van der Waals surface area (Å²) in [5, 5.41) is 6.82. The van der Waals surface area contributed by atoms with E-state index in [0.717, 1.165) is 51.4 Å². The zero-order valence-corrected chi connectivity index (χ0v) is 14.8. The van der Waals surface area contributed by atoms with Crippen LogP contribution in [0.4, 0.5) is 0 Å². The Kier molecular flexibility index (Phi) is 10.1. The van der Waals surface area contributed by atoms with Crippen LogP contribution < -0.4 is 16.4 Å². The van der Waals surface area contributed by atoms with Crippen molar-refractivity contribution in [3.8, 4) is 0 Å². The van der Waals surface area contributed by atoms with E-state index in [1.54, 1.807) is 0 Å². The van der Waals surface area contributed by atoms with Crippen molar-refractivity contribution in [2.75, 3.05) is 44.7 Å². The Balaban J connectivity index is 2.31. The summed E-state index contributed by atoms with van der Waals surface area (Å²) in [6.45, 7) is 6.02. The normalized spacial score (nSPS) is 17.5. The molecule has 7 heteroatoms. The lowest BCUT2D eigenvalue weighted by molar-refractivity contribution is -0.119. The van der Waals surface area contributed by atoms with E-state index in [4.69, 9.17) is 5.73 Å². The van der Waals surface area contributed by atoms with Gasteiger partial charge in [0, 0.05) is 32.2 Å². The predicted molar refractivity (Wildman–Crippen MR) is 95.4 cm³/mol. The predicted octanol–water partition coefficient (Wildman–Crippen LogP) is 0.634. The molecule has 0 bridgehead atoms. The van der Waals surface area contributed by atoms with Crippen LogP contribution in [0, 0.1) is 0 Å². The molecular weight excluding hydrogens is 298 g/mol. The second kappa shape index (κ2) is 11.6. The molecular formula is C15H31N5OS.